The Morgan fingerprint density at radius 1 is 1.17 bits per heavy atom. The van der Waals surface area contributed by atoms with Gasteiger partial charge in [0.25, 0.3) is 0 Å². The Bertz CT molecular complexity index is 875. The highest BCUT2D eigenvalue weighted by atomic mass is 35.5. The van der Waals surface area contributed by atoms with E-state index in [0.29, 0.717) is 10.0 Å². The Morgan fingerprint density at radius 2 is 1.92 bits per heavy atom. The van der Waals surface area contributed by atoms with Crippen LogP contribution in [-0.4, -0.2) is 12.1 Å². The third kappa shape index (κ3) is 3.73. The molecule has 0 saturated heterocycles. The number of aromatic nitrogens is 1. The third-order valence-corrected chi connectivity index (χ3v) is 4.71. The van der Waals surface area contributed by atoms with Gasteiger partial charge in [0, 0.05) is 21.7 Å². The molecule has 0 aliphatic rings. The van der Waals surface area contributed by atoms with Crippen LogP contribution in [0.5, 0.6) is 5.75 Å². The van der Waals surface area contributed by atoms with Crippen molar-refractivity contribution in [1.82, 2.24) is 4.98 Å². The highest BCUT2D eigenvalue weighted by Gasteiger charge is 2.10. The van der Waals surface area contributed by atoms with Crippen molar-refractivity contribution in [3.8, 4) is 17.0 Å². The summed E-state index contributed by atoms with van der Waals surface area (Å²) in [6, 6.07) is 13.0. The summed E-state index contributed by atoms with van der Waals surface area (Å²) in [5, 5.41) is 7.09. The Hall–Kier alpha value is -2.01. The third-order valence-electron chi connectivity index (χ3n) is 3.41. The van der Waals surface area contributed by atoms with Crippen LogP contribution in [0.2, 0.25) is 10.0 Å². The maximum atomic E-state index is 6.23. The molecule has 0 aliphatic heterocycles. The number of hydrogen-bond donors (Lipinski definition) is 1. The number of hydrogen-bond acceptors (Lipinski definition) is 4. The SMILES string of the molecule is C=C(Nc1nc(-c2ccc(Cl)cc2Cl)cs1)c1ccc(OC)cc1. The molecule has 0 fully saturated rings. The van der Waals surface area contributed by atoms with Crippen LogP contribution in [-0.2, 0) is 0 Å². The summed E-state index contributed by atoms with van der Waals surface area (Å²) in [4.78, 5) is 4.56. The molecule has 0 atom stereocenters. The fraction of sp³-hybridized carbons (Fsp3) is 0.0556. The molecule has 1 heterocycles. The monoisotopic (exact) mass is 376 g/mol. The highest BCUT2D eigenvalue weighted by Crippen LogP contribution is 2.33. The zero-order chi connectivity index (χ0) is 17.1. The summed E-state index contributed by atoms with van der Waals surface area (Å²) in [6.07, 6.45) is 0. The first-order chi connectivity index (χ1) is 11.6. The summed E-state index contributed by atoms with van der Waals surface area (Å²) in [5.41, 5.74) is 3.38. The molecule has 1 N–H and O–H groups in total. The molecule has 3 nitrogen and oxygen atoms in total. The van der Waals surface area contributed by atoms with Crippen molar-refractivity contribution >= 4 is 45.4 Å². The zero-order valence-corrected chi connectivity index (χ0v) is 15.2. The molecular weight excluding hydrogens is 363 g/mol. The fourth-order valence-electron chi connectivity index (χ4n) is 2.15. The lowest BCUT2D eigenvalue weighted by molar-refractivity contribution is 0.415. The van der Waals surface area contributed by atoms with Gasteiger partial charge in [-0.25, -0.2) is 4.98 Å². The van der Waals surface area contributed by atoms with Gasteiger partial charge in [0.2, 0.25) is 0 Å². The van der Waals surface area contributed by atoms with Gasteiger partial charge in [-0.1, -0.05) is 29.8 Å². The summed E-state index contributed by atoms with van der Waals surface area (Å²) in [5.74, 6) is 0.806. The first-order valence-electron chi connectivity index (χ1n) is 7.08. The number of benzene rings is 2. The molecule has 0 aliphatic carbocycles. The standard InChI is InChI=1S/C18H14Cl2N2OS/c1-11(12-3-6-14(23-2)7-4-12)21-18-22-17(10-24-18)15-8-5-13(19)9-16(15)20/h3-10H,1H2,2H3,(H,21,22). The Kier molecular flexibility index (Phi) is 5.09. The average molecular weight is 377 g/mol. The molecule has 6 heteroatoms. The Labute approximate surface area is 154 Å². The largest absolute Gasteiger partial charge is 0.497 e. The van der Waals surface area contributed by atoms with Crippen LogP contribution in [0.4, 0.5) is 5.13 Å². The van der Waals surface area contributed by atoms with E-state index >= 15 is 0 Å². The van der Waals surface area contributed by atoms with E-state index in [9.17, 15) is 0 Å². The summed E-state index contributed by atoms with van der Waals surface area (Å²) >= 11 is 13.7. The van der Waals surface area contributed by atoms with Crippen molar-refractivity contribution in [1.29, 1.82) is 0 Å². The highest BCUT2D eigenvalue weighted by molar-refractivity contribution is 7.14. The van der Waals surface area contributed by atoms with Gasteiger partial charge in [0.05, 0.1) is 17.8 Å². The molecule has 122 valence electrons. The van der Waals surface area contributed by atoms with Crippen LogP contribution in [0.25, 0.3) is 17.0 Å². The predicted molar refractivity (Wildman–Crippen MR) is 103 cm³/mol. The van der Waals surface area contributed by atoms with E-state index in [4.69, 9.17) is 27.9 Å². The number of nitrogens with one attached hydrogen (secondary N) is 1. The summed E-state index contributed by atoms with van der Waals surface area (Å²) in [6.45, 7) is 4.06. The van der Waals surface area contributed by atoms with E-state index in [0.717, 1.165) is 33.4 Å². The molecule has 2 aromatic carbocycles. The van der Waals surface area contributed by atoms with Gasteiger partial charge in [-0.3, -0.25) is 0 Å². The molecular formula is C18H14Cl2N2OS. The molecule has 0 bridgehead atoms. The van der Waals surface area contributed by atoms with Gasteiger partial charge in [-0.05, 0) is 48.0 Å². The van der Waals surface area contributed by atoms with Gasteiger partial charge in [0.15, 0.2) is 5.13 Å². The second kappa shape index (κ2) is 7.26. The van der Waals surface area contributed by atoms with Crippen LogP contribution < -0.4 is 10.1 Å². The number of ether oxygens (including phenoxy) is 1. The van der Waals surface area contributed by atoms with E-state index in [1.54, 1.807) is 19.2 Å². The predicted octanol–water partition coefficient (Wildman–Crippen LogP) is 6.21. The average Bonchev–Trinajstić information content (AvgIpc) is 3.03. The first kappa shape index (κ1) is 16.8. The quantitative estimate of drug-likeness (QED) is 0.574. The lowest BCUT2D eigenvalue weighted by Gasteiger charge is -2.08. The molecule has 1 aromatic heterocycles. The minimum absolute atomic E-state index is 0.577. The lowest BCUT2D eigenvalue weighted by atomic mass is 10.1. The Balaban J connectivity index is 1.76. The van der Waals surface area contributed by atoms with Gasteiger partial charge in [-0.15, -0.1) is 11.3 Å². The number of rotatable bonds is 5. The number of nitrogens with zero attached hydrogens (tertiary/aromatic N) is 1. The van der Waals surface area contributed by atoms with Crippen molar-refractivity contribution in [2.24, 2.45) is 0 Å². The van der Waals surface area contributed by atoms with Crippen LogP contribution >= 0.6 is 34.5 Å². The van der Waals surface area contributed by atoms with Crippen molar-refractivity contribution in [3.05, 3.63) is 70.0 Å². The fourth-order valence-corrected chi connectivity index (χ4v) is 3.39. The molecule has 0 unspecified atom stereocenters. The van der Waals surface area contributed by atoms with Gasteiger partial charge < -0.3 is 10.1 Å². The first-order valence-corrected chi connectivity index (χ1v) is 8.71. The second-order valence-electron chi connectivity index (χ2n) is 4.99. The minimum atomic E-state index is 0.577. The van der Waals surface area contributed by atoms with Gasteiger partial charge in [0.1, 0.15) is 5.75 Å². The van der Waals surface area contributed by atoms with E-state index in [1.807, 2.05) is 35.7 Å². The smallest absolute Gasteiger partial charge is 0.187 e. The van der Waals surface area contributed by atoms with Crippen LogP contribution in [0.15, 0.2) is 54.4 Å². The molecule has 0 spiro atoms. The van der Waals surface area contributed by atoms with Crippen LogP contribution in [0.3, 0.4) is 0 Å². The molecule has 0 amide bonds. The number of thiazole rings is 1. The van der Waals surface area contributed by atoms with Gasteiger partial charge >= 0.3 is 0 Å². The van der Waals surface area contributed by atoms with E-state index in [2.05, 4.69) is 16.9 Å². The number of halogens is 2. The normalized spacial score (nSPS) is 10.5. The maximum Gasteiger partial charge on any atom is 0.187 e. The van der Waals surface area contributed by atoms with Crippen molar-refractivity contribution in [2.75, 3.05) is 12.4 Å². The second-order valence-corrected chi connectivity index (χ2v) is 6.70. The van der Waals surface area contributed by atoms with Crippen LogP contribution in [0, 0.1) is 0 Å². The van der Waals surface area contributed by atoms with E-state index in [-0.39, 0.29) is 0 Å². The molecule has 3 rings (SSSR count). The maximum absolute atomic E-state index is 6.23. The lowest BCUT2D eigenvalue weighted by Crippen LogP contribution is -1.97. The molecule has 24 heavy (non-hydrogen) atoms. The minimum Gasteiger partial charge on any atom is -0.497 e. The Morgan fingerprint density at radius 3 is 2.58 bits per heavy atom. The van der Waals surface area contributed by atoms with Crippen molar-refractivity contribution in [3.63, 3.8) is 0 Å². The van der Waals surface area contributed by atoms with E-state index < -0.39 is 0 Å². The van der Waals surface area contributed by atoms with Crippen LogP contribution in [0.1, 0.15) is 5.56 Å². The van der Waals surface area contributed by atoms with Crippen molar-refractivity contribution < 1.29 is 4.74 Å². The molecule has 0 radical (unpaired) electrons. The number of anilines is 1. The molecule has 0 saturated carbocycles. The molecule has 3 aromatic rings. The zero-order valence-electron chi connectivity index (χ0n) is 12.8. The summed E-state index contributed by atoms with van der Waals surface area (Å²) in [7, 11) is 1.64. The topological polar surface area (TPSA) is 34.2 Å². The van der Waals surface area contributed by atoms with Gasteiger partial charge in [-0.2, -0.15) is 0 Å². The van der Waals surface area contributed by atoms with Crippen molar-refractivity contribution in [2.45, 2.75) is 0 Å². The van der Waals surface area contributed by atoms with E-state index in [1.165, 1.54) is 11.3 Å². The summed E-state index contributed by atoms with van der Waals surface area (Å²) < 4.78 is 5.16. The number of methoxy groups -OCH3 is 1.